The van der Waals surface area contributed by atoms with Gasteiger partial charge < -0.3 is 15.6 Å². The van der Waals surface area contributed by atoms with Crippen molar-refractivity contribution in [1.29, 1.82) is 0 Å². The molecule has 0 aromatic carbocycles. The number of hydrogen-bond donors (Lipinski definition) is 3. The number of H-pyrrole nitrogens is 1. The van der Waals surface area contributed by atoms with Gasteiger partial charge in [0.2, 0.25) is 0 Å². The summed E-state index contributed by atoms with van der Waals surface area (Å²) in [6.07, 6.45) is -0.536. The molecule has 0 unspecified atom stereocenters. The van der Waals surface area contributed by atoms with Crippen LogP contribution in [0.15, 0.2) is 0 Å². The fraction of sp³-hybridized carbons (Fsp3) is 0.545. The minimum Gasteiger partial charge on any atom is -0.345 e. The number of alkyl halides is 1. The Kier molecular flexibility index (Phi) is 4.14. The molecule has 1 aliphatic heterocycles. The van der Waals surface area contributed by atoms with Crippen LogP contribution in [-0.4, -0.2) is 36.2 Å². The lowest BCUT2D eigenvalue weighted by Crippen LogP contribution is -2.50. The summed E-state index contributed by atoms with van der Waals surface area (Å²) in [4.78, 5) is 14.7. The molecule has 0 spiro atoms. The Bertz CT molecular complexity index is 463. The van der Waals surface area contributed by atoms with E-state index in [4.69, 9.17) is 23.2 Å². The van der Waals surface area contributed by atoms with Gasteiger partial charge in [-0.25, -0.2) is 4.39 Å². The zero-order chi connectivity index (χ0) is 13.3. The molecule has 7 heteroatoms. The maximum absolute atomic E-state index is 13.6. The highest BCUT2D eigenvalue weighted by molar-refractivity contribution is 6.38. The maximum Gasteiger partial charge on any atom is 0.269 e. The Morgan fingerprint density at radius 1 is 1.50 bits per heavy atom. The molecular weight excluding hydrogens is 280 g/mol. The van der Waals surface area contributed by atoms with Gasteiger partial charge in [0.25, 0.3) is 5.91 Å². The first-order valence-electron chi connectivity index (χ1n) is 5.70. The summed E-state index contributed by atoms with van der Waals surface area (Å²) in [6, 6.07) is -0.489. The van der Waals surface area contributed by atoms with E-state index < -0.39 is 18.1 Å². The molecule has 2 heterocycles. The van der Waals surface area contributed by atoms with Gasteiger partial charge in [0, 0.05) is 12.1 Å². The Morgan fingerprint density at radius 3 is 2.78 bits per heavy atom. The second-order valence-corrected chi connectivity index (χ2v) is 5.10. The average Bonchev–Trinajstić information content (AvgIpc) is 2.60. The molecular formula is C11H14Cl2FN3O. The van der Waals surface area contributed by atoms with E-state index in [-0.39, 0.29) is 17.3 Å². The van der Waals surface area contributed by atoms with Crippen LogP contribution in [0.3, 0.4) is 0 Å². The zero-order valence-electron chi connectivity index (χ0n) is 9.82. The molecule has 1 fully saturated rings. The third kappa shape index (κ3) is 2.63. The lowest BCUT2D eigenvalue weighted by atomic mass is 10.0. The van der Waals surface area contributed by atoms with Crippen molar-refractivity contribution < 1.29 is 9.18 Å². The van der Waals surface area contributed by atoms with Crippen LogP contribution < -0.4 is 10.6 Å². The average molecular weight is 294 g/mol. The summed E-state index contributed by atoms with van der Waals surface area (Å²) in [5.41, 5.74) is 0.801. The van der Waals surface area contributed by atoms with Crippen molar-refractivity contribution in [1.82, 2.24) is 15.6 Å². The first kappa shape index (κ1) is 13.6. The number of piperidine rings is 1. The number of halogens is 3. The Balaban J connectivity index is 2.09. The Labute approximate surface area is 114 Å². The molecule has 100 valence electrons. The fourth-order valence-electron chi connectivity index (χ4n) is 1.92. The van der Waals surface area contributed by atoms with Crippen LogP contribution >= 0.6 is 23.2 Å². The highest BCUT2D eigenvalue weighted by Gasteiger charge is 2.28. The third-order valence-electron chi connectivity index (χ3n) is 3.06. The lowest BCUT2D eigenvalue weighted by molar-refractivity contribution is 0.0888. The third-order valence-corrected chi connectivity index (χ3v) is 3.91. The minimum atomic E-state index is -1.09. The van der Waals surface area contributed by atoms with Gasteiger partial charge in [-0.3, -0.25) is 4.79 Å². The van der Waals surface area contributed by atoms with Crippen LogP contribution in [0.4, 0.5) is 4.39 Å². The van der Waals surface area contributed by atoms with Crippen molar-refractivity contribution >= 4 is 29.1 Å². The maximum atomic E-state index is 13.6. The number of carbonyl (C=O) groups excluding carboxylic acids is 1. The van der Waals surface area contributed by atoms with Gasteiger partial charge in [-0.2, -0.15) is 0 Å². The predicted molar refractivity (Wildman–Crippen MR) is 69.2 cm³/mol. The molecule has 0 bridgehead atoms. The summed E-state index contributed by atoms with van der Waals surface area (Å²) in [6.45, 7) is 2.65. The molecule has 1 amide bonds. The van der Waals surface area contributed by atoms with E-state index >= 15 is 0 Å². The number of carbonyl (C=O) groups is 1. The van der Waals surface area contributed by atoms with Gasteiger partial charge >= 0.3 is 0 Å². The highest BCUT2D eigenvalue weighted by Crippen LogP contribution is 2.27. The molecule has 3 N–H and O–H groups in total. The fourth-order valence-corrected chi connectivity index (χ4v) is 2.39. The van der Waals surface area contributed by atoms with Crippen LogP contribution in [0, 0.1) is 6.92 Å². The van der Waals surface area contributed by atoms with Gasteiger partial charge in [0.05, 0.1) is 11.1 Å². The van der Waals surface area contributed by atoms with Gasteiger partial charge in [-0.15, -0.1) is 0 Å². The second kappa shape index (κ2) is 5.47. The minimum absolute atomic E-state index is 0.185. The lowest BCUT2D eigenvalue weighted by Gasteiger charge is -2.27. The molecule has 1 aliphatic rings. The zero-order valence-corrected chi connectivity index (χ0v) is 11.3. The van der Waals surface area contributed by atoms with E-state index in [0.29, 0.717) is 23.7 Å². The van der Waals surface area contributed by atoms with Gasteiger partial charge in [0.1, 0.15) is 17.0 Å². The van der Waals surface area contributed by atoms with Gasteiger partial charge in [-0.05, 0) is 19.9 Å². The number of rotatable bonds is 2. The van der Waals surface area contributed by atoms with E-state index in [2.05, 4.69) is 15.6 Å². The number of aromatic amines is 1. The smallest absolute Gasteiger partial charge is 0.269 e. The van der Waals surface area contributed by atoms with Crippen molar-refractivity contribution in [2.24, 2.45) is 0 Å². The van der Waals surface area contributed by atoms with Crippen LogP contribution in [-0.2, 0) is 0 Å². The summed E-state index contributed by atoms with van der Waals surface area (Å²) in [5.74, 6) is -0.426. The molecule has 1 aromatic heterocycles. The first-order valence-corrected chi connectivity index (χ1v) is 6.45. The van der Waals surface area contributed by atoms with Crippen LogP contribution in [0.5, 0.6) is 0 Å². The SMILES string of the molecule is Cc1c(Cl)[nH]c(C(=O)N[C@@H]2CCNC[C@@H]2F)c1Cl. The normalized spacial score (nSPS) is 24.0. The van der Waals surface area contributed by atoms with Crippen molar-refractivity contribution in [2.45, 2.75) is 25.6 Å². The van der Waals surface area contributed by atoms with Crippen LogP contribution in [0.1, 0.15) is 22.5 Å². The van der Waals surface area contributed by atoms with Crippen LogP contribution in [0.25, 0.3) is 0 Å². The number of aromatic nitrogens is 1. The molecule has 1 saturated heterocycles. The van der Waals surface area contributed by atoms with Crippen molar-refractivity contribution in [3.05, 3.63) is 21.4 Å². The molecule has 2 rings (SSSR count). The highest BCUT2D eigenvalue weighted by atomic mass is 35.5. The van der Waals surface area contributed by atoms with Crippen molar-refractivity contribution in [2.75, 3.05) is 13.1 Å². The molecule has 18 heavy (non-hydrogen) atoms. The number of nitrogens with one attached hydrogen (secondary N) is 3. The van der Waals surface area contributed by atoms with E-state index in [0.717, 1.165) is 0 Å². The number of hydrogen-bond acceptors (Lipinski definition) is 2. The summed E-state index contributed by atoms with van der Waals surface area (Å²) in [5, 5.41) is 6.16. The molecule has 2 atom stereocenters. The number of amides is 1. The van der Waals surface area contributed by atoms with Crippen molar-refractivity contribution in [3.63, 3.8) is 0 Å². The van der Waals surface area contributed by atoms with Gasteiger partial charge in [0.15, 0.2) is 0 Å². The Hall–Kier alpha value is -0.780. The van der Waals surface area contributed by atoms with Crippen LogP contribution in [0.2, 0.25) is 10.2 Å². The van der Waals surface area contributed by atoms with E-state index in [1.807, 2.05) is 0 Å². The van der Waals surface area contributed by atoms with E-state index in [1.165, 1.54) is 0 Å². The molecule has 1 aromatic rings. The molecule has 0 saturated carbocycles. The second-order valence-electron chi connectivity index (χ2n) is 4.34. The Morgan fingerprint density at radius 2 is 2.22 bits per heavy atom. The standard InChI is InChI=1S/C11H14Cl2FN3O/c1-5-8(12)9(17-10(5)13)11(18)16-7-2-3-15-4-6(7)14/h6-7,15,17H,2-4H2,1H3,(H,16,18)/t6-,7+/m0/s1. The quantitative estimate of drug-likeness (QED) is 0.782. The summed E-state index contributed by atoms with van der Waals surface area (Å²) < 4.78 is 13.6. The van der Waals surface area contributed by atoms with Gasteiger partial charge in [-0.1, -0.05) is 23.2 Å². The monoisotopic (exact) mass is 293 g/mol. The molecule has 0 aliphatic carbocycles. The summed E-state index contributed by atoms with van der Waals surface area (Å²) >= 11 is 11.8. The summed E-state index contributed by atoms with van der Waals surface area (Å²) in [7, 11) is 0. The van der Waals surface area contributed by atoms with Crippen molar-refractivity contribution in [3.8, 4) is 0 Å². The molecule has 4 nitrogen and oxygen atoms in total. The predicted octanol–water partition coefficient (Wildman–Crippen LogP) is 2.06. The van der Waals surface area contributed by atoms with E-state index in [1.54, 1.807) is 6.92 Å². The largest absolute Gasteiger partial charge is 0.345 e. The first-order chi connectivity index (χ1) is 8.50. The van der Waals surface area contributed by atoms with E-state index in [9.17, 15) is 9.18 Å². The molecule has 0 radical (unpaired) electrons. The topological polar surface area (TPSA) is 56.9 Å².